The van der Waals surface area contributed by atoms with Gasteiger partial charge in [0.2, 0.25) is 11.9 Å². The Morgan fingerprint density at radius 1 is 1.14 bits per heavy atom. The van der Waals surface area contributed by atoms with E-state index in [-0.39, 0.29) is 16.8 Å². The summed E-state index contributed by atoms with van der Waals surface area (Å²) in [6.07, 6.45) is 9.08. The number of benzene rings is 1. The van der Waals surface area contributed by atoms with Crippen molar-refractivity contribution in [2.24, 2.45) is 5.92 Å². The Hall–Kier alpha value is -2.68. The number of anilines is 2. The van der Waals surface area contributed by atoms with Crippen molar-refractivity contribution >= 4 is 27.6 Å². The number of carbonyl (C=O) groups excluding carboxylic acids is 1. The Morgan fingerprint density at radius 3 is 2.39 bits per heavy atom. The lowest BCUT2D eigenvalue weighted by molar-refractivity contribution is -0.116. The number of nitrogens with zero attached hydrogens (tertiary/aromatic N) is 2. The molecule has 1 aliphatic rings. The molecule has 2 N–H and O–H groups in total. The molecule has 8 nitrogen and oxygen atoms in total. The van der Waals surface area contributed by atoms with Crippen molar-refractivity contribution in [1.29, 1.82) is 0 Å². The van der Waals surface area contributed by atoms with Crippen LogP contribution in [0.2, 0.25) is 0 Å². The van der Waals surface area contributed by atoms with E-state index in [0.29, 0.717) is 23.8 Å². The molecule has 1 aliphatic carbocycles. The third-order valence-corrected chi connectivity index (χ3v) is 6.14. The molecule has 1 amide bonds. The third kappa shape index (κ3) is 5.41. The standard InChI is InChI=1S/C19H24N4O4S/c1-27-16-12-20-19(21-13-16)23-28(25,26)17-9-7-15(8-10-17)22-18(24)11-6-14-4-2-3-5-14/h7-10,12-14H,2-6,11H2,1H3,(H,22,24)(H,20,21,23). The molecular weight excluding hydrogens is 380 g/mol. The lowest BCUT2D eigenvalue weighted by Gasteiger charge is -2.10. The predicted molar refractivity (Wildman–Crippen MR) is 106 cm³/mol. The molecule has 0 unspecified atom stereocenters. The van der Waals surface area contributed by atoms with Crippen molar-refractivity contribution in [2.45, 2.75) is 43.4 Å². The Bertz CT molecular complexity index is 893. The molecule has 9 heteroatoms. The number of rotatable bonds is 8. The first kappa shape index (κ1) is 20.1. The first-order valence-electron chi connectivity index (χ1n) is 9.25. The van der Waals surface area contributed by atoms with Crippen LogP contribution in [-0.4, -0.2) is 31.4 Å². The second-order valence-corrected chi connectivity index (χ2v) is 8.50. The molecule has 0 spiro atoms. The molecule has 0 saturated heterocycles. The van der Waals surface area contributed by atoms with Crippen LogP contribution in [0.5, 0.6) is 5.75 Å². The van der Waals surface area contributed by atoms with Crippen molar-refractivity contribution < 1.29 is 17.9 Å². The lowest BCUT2D eigenvalue weighted by Crippen LogP contribution is -2.15. The highest BCUT2D eigenvalue weighted by molar-refractivity contribution is 7.92. The zero-order valence-electron chi connectivity index (χ0n) is 15.7. The molecular formula is C19H24N4O4S. The molecule has 1 fully saturated rings. The van der Waals surface area contributed by atoms with Crippen molar-refractivity contribution in [3.8, 4) is 5.75 Å². The van der Waals surface area contributed by atoms with Crippen LogP contribution in [0.15, 0.2) is 41.6 Å². The minimum Gasteiger partial charge on any atom is -0.494 e. The number of hydrogen-bond donors (Lipinski definition) is 2. The second kappa shape index (κ2) is 9.01. The van der Waals surface area contributed by atoms with Crippen LogP contribution in [-0.2, 0) is 14.8 Å². The summed E-state index contributed by atoms with van der Waals surface area (Å²) < 4.78 is 32.1. The minimum atomic E-state index is -3.83. The number of methoxy groups -OCH3 is 1. The molecule has 28 heavy (non-hydrogen) atoms. The summed E-state index contributed by atoms with van der Waals surface area (Å²) in [5.74, 6) is 0.984. The van der Waals surface area contributed by atoms with Crippen LogP contribution in [0.4, 0.5) is 11.6 Å². The van der Waals surface area contributed by atoms with Gasteiger partial charge in [-0.3, -0.25) is 4.79 Å². The number of ether oxygens (including phenoxy) is 1. The Labute approximate surface area is 164 Å². The van der Waals surface area contributed by atoms with Crippen LogP contribution in [0.1, 0.15) is 38.5 Å². The van der Waals surface area contributed by atoms with Gasteiger partial charge in [0.25, 0.3) is 10.0 Å². The van der Waals surface area contributed by atoms with Crippen molar-refractivity contribution in [3.05, 3.63) is 36.7 Å². The first-order valence-corrected chi connectivity index (χ1v) is 10.7. The molecule has 1 heterocycles. The monoisotopic (exact) mass is 404 g/mol. The quantitative estimate of drug-likeness (QED) is 0.699. The first-order chi connectivity index (χ1) is 13.5. The maximum atomic E-state index is 12.4. The molecule has 1 aromatic carbocycles. The summed E-state index contributed by atoms with van der Waals surface area (Å²) in [5.41, 5.74) is 0.566. The van der Waals surface area contributed by atoms with Gasteiger partial charge in [-0.1, -0.05) is 25.7 Å². The average molecular weight is 404 g/mol. The molecule has 3 rings (SSSR count). The molecule has 0 radical (unpaired) electrons. The largest absolute Gasteiger partial charge is 0.494 e. The second-order valence-electron chi connectivity index (χ2n) is 6.81. The fourth-order valence-corrected chi connectivity index (χ4v) is 4.19. The summed E-state index contributed by atoms with van der Waals surface area (Å²) in [6, 6.07) is 5.99. The Balaban J connectivity index is 1.56. The van der Waals surface area contributed by atoms with Crippen LogP contribution in [0.3, 0.4) is 0 Å². The highest BCUT2D eigenvalue weighted by Gasteiger charge is 2.17. The van der Waals surface area contributed by atoms with E-state index in [1.165, 1.54) is 57.3 Å². The van der Waals surface area contributed by atoms with E-state index in [1.807, 2.05) is 0 Å². The van der Waals surface area contributed by atoms with E-state index < -0.39 is 10.0 Å². The molecule has 0 bridgehead atoms. The van der Waals surface area contributed by atoms with E-state index in [9.17, 15) is 13.2 Å². The number of amides is 1. The average Bonchev–Trinajstić information content (AvgIpc) is 3.21. The van der Waals surface area contributed by atoms with Gasteiger partial charge in [-0.15, -0.1) is 0 Å². The number of aromatic nitrogens is 2. The molecule has 0 aliphatic heterocycles. The lowest BCUT2D eigenvalue weighted by atomic mass is 10.0. The molecule has 2 aromatic rings. The van der Waals surface area contributed by atoms with E-state index in [0.717, 1.165) is 6.42 Å². The van der Waals surface area contributed by atoms with E-state index in [1.54, 1.807) is 12.1 Å². The summed E-state index contributed by atoms with van der Waals surface area (Å²) >= 11 is 0. The molecule has 0 atom stereocenters. The summed E-state index contributed by atoms with van der Waals surface area (Å²) in [6.45, 7) is 0. The van der Waals surface area contributed by atoms with Gasteiger partial charge in [-0.2, -0.15) is 0 Å². The predicted octanol–water partition coefficient (Wildman–Crippen LogP) is 3.19. The van der Waals surface area contributed by atoms with Gasteiger partial charge in [-0.05, 0) is 36.6 Å². The van der Waals surface area contributed by atoms with E-state index in [2.05, 4.69) is 20.0 Å². The van der Waals surface area contributed by atoms with Crippen molar-refractivity contribution in [2.75, 3.05) is 17.1 Å². The topological polar surface area (TPSA) is 110 Å². The zero-order valence-corrected chi connectivity index (χ0v) is 16.5. The van der Waals surface area contributed by atoms with Gasteiger partial charge in [0, 0.05) is 12.1 Å². The fraction of sp³-hybridized carbons (Fsp3) is 0.421. The van der Waals surface area contributed by atoms with Gasteiger partial charge in [0.05, 0.1) is 24.4 Å². The van der Waals surface area contributed by atoms with Crippen LogP contribution >= 0.6 is 0 Å². The highest BCUT2D eigenvalue weighted by atomic mass is 32.2. The minimum absolute atomic E-state index is 0.0488. The van der Waals surface area contributed by atoms with Gasteiger partial charge >= 0.3 is 0 Å². The van der Waals surface area contributed by atoms with Gasteiger partial charge in [-0.25, -0.2) is 23.1 Å². The molecule has 150 valence electrons. The zero-order chi connectivity index (χ0) is 20.0. The maximum Gasteiger partial charge on any atom is 0.264 e. The summed E-state index contributed by atoms with van der Waals surface area (Å²) in [5, 5.41) is 2.81. The summed E-state index contributed by atoms with van der Waals surface area (Å²) in [4.78, 5) is 19.9. The number of nitrogens with one attached hydrogen (secondary N) is 2. The Morgan fingerprint density at radius 2 is 1.79 bits per heavy atom. The number of sulfonamides is 1. The number of carbonyl (C=O) groups is 1. The fourth-order valence-electron chi connectivity index (χ4n) is 3.23. The molecule has 1 aromatic heterocycles. The van der Waals surface area contributed by atoms with Crippen molar-refractivity contribution in [3.63, 3.8) is 0 Å². The SMILES string of the molecule is COc1cnc(NS(=O)(=O)c2ccc(NC(=O)CCC3CCCC3)cc2)nc1. The van der Waals surface area contributed by atoms with E-state index in [4.69, 9.17) is 4.74 Å². The Kier molecular flexibility index (Phi) is 6.45. The van der Waals surface area contributed by atoms with E-state index >= 15 is 0 Å². The normalized spacial score (nSPS) is 14.6. The smallest absolute Gasteiger partial charge is 0.264 e. The van der Waals surface area contributed by atoms with Crippen LogP contribution in [0.25, 0.3) is 0 Å². The molecule has 1 saturated carbocycles. The highest BCUT2D eigenvalue weighted by Crippen LogP contribution is 2.28. The van der Waals surface area contributed by atoms with Gasteiger partial charge in [0.15, 0.2) is 5.75 Å². The maximum absolute atomic E-state index is 12.4. The van der Waals surface area contributed by atoms with Crippen molar-refractivity contribution in [1.82, 2.24) is 9.97 Å². The van der Waals surface area contributed by atoms with Gasteiger partial charge in [0.1, 0.15) is 0 Å². The third-order valence-electron chi connectivity index (χ3n) is 4.79. The summed E-state index contributed by atoms with van der Waals surface area (Å²) in [7, 11) is -2.36. The van der Waals surface area contributed by atoms with Crippen LogP contribution in [0, 0.1) is 5.92 Å². The van der Waals surface area contributed by atoms with Crippen LogP contribution < -0.4 is 14.8 Å². The number of hydrogen-bond acceptors (Lipinski definition) is 6. The van der Waals surface area contributed by atoms with Gasteiger partial charge < -0.3 is 10.1 Å².